The van der Waals surface area contributed by atoms with Gasteiger partial charge in [0.2, 0.25) is 5.91 Å². The molecule has 0 heterocycles. The smallest absolute Gasteiger partial charge is 0.239 e. The lowest BCUT2D eigenvalue weighted by Gasteiger charge is -2.25. The molecule has 0 unspecified atom stereocenters. The number of carbonyl (C=O) groups is 1. The van der Waals surface area contributed by atoms with Crippen LogP contribution in [-0.2, 0) is 4.79 Å². The average Bonchev–Trinajstić information content (AvgIpc) is 2.35. The molecule has 0 aliphatic heterocycles. The zero-order chi connectivity index (χ0) is 16.5. The summed E-state index contributed by atoms with van der Waals surface area (Å²) in [6, 6.07) is 0.532. The van der Waals surface area contributed by atoms with E-state index in [1.807, 2.05) is 20.8 Å². The number of carbonyl (C=O) groups excluding carboxylic acids is 1. The van der Waals surface area contributed by atoms with Crippen LogP contribution in [0.1, 0.15) is 41.5 Å². The molecule has 0 spiro atoms. The van der Waals surface area contributed by atoms with Crippen LogP contribution < -0.4 is 16.0 Å². The van der Waals surface area contributed by atoms with Gasteiger partial charge in [-0.2, -0.15) is 0 Å². The minimum absolute atomic E-state index is 0.0391. The van der Waals surface area contributed by atoms with Gasteiger partial charge in [0.15, 0.2) is 5.96 Å². The second-order valence-corrected chi connectivity index (χ2v) is 6.37. The van der Waals surface area contributed by atoms with E-state index < -0.39 is 0 Å². The molecule has 0 aromatic rings. The molecule has 0 atom stereocenters. The van der Waals surface area contributed by atoms with Gasteiger partial charge in [0, 0.05) is 31.7 Å². The van der Waals surface area contributed by atoms with E-state index in [0.29, 0.717) is 12.0 Å². The topological polar surface area (TPSA) is 68.8 Å². The van der Waals surface area contributed by atoms with E-state index in [2.05, 4.69) is 46.6 Å². The van der Waals surface area contributed by atoms with Crippen molar-refractivity contribution in [2.75, 3.05) is 33.2 Å². The van der Waals surface area contributed by atoms with Gasteiger partial charge in [-0.15, -0.1) is 0 Å². The van der Waals surface area contributed by atoms with Crippen LogP contribution in [-0.4, -0.2) is 61.6 Å². The maximum Gasteiger partial charge on any atom is 0.239 e. The fraction of sp³-hybridized carbons (Fsp3) is 0.867. The van der Waals surface area contributed by atoms with Gasteiger partial charge >= 0.3 is 0 Å². The highest BCUT2D eigenvalue weighted by atomic mass is 16.2. The first kappa shape index (κ1) is 19.7. The highest BCUT2D eigenvalue weighted by Gasteiger charge is 2.13. The maximum absolute atomic E-state index is 11.7. The number of nitrogens with zero attached hydrogens (tertiary/aromatic N) is 2. The summed E-state index contributed by atoms with van der Waals surface area (Å²) in [5.74, 6) is 0.613. The van der Waals surface area contributed by atoms with Crippen LogP contribution in [0.3, 0.4) is 0 Å². The first-order valence-electron chi connectivity index (χ1n) is 7.69. The molecule has 0 bridgehead atoms. The summed E-state index contributed by atoms with van der Waals surface area (Å²) in [7, 11) is 1.71. The first-order chi connectivity index (χ1) is 9.69. The zero-order valence-corrected chi connectivity index (χ0v) is 14.7. The SMILES string of the molecule is CCN(CCNC(=NC)NCC(=O)NC(C)(C)C)C(C)C. The van der Waals surface area contributed by atoms with E-state index in [0.717, 1.165) is 19.6 Å². The molecule has 0 radical (unpaired) electrons. The van der Waals surface area contributed by atoms with Gasteiger partial charge in [0.1, 0.15) is 0 Å². The van der Waals surface area contributed by atoms with Crippen LogP contribution in [0.5, 0.6) is 0 Å². The molecule has 0 saturated heterocycles. The summed E-state index contributed by atoms with van der Waals surface area (Å²) in [5, 5.41) is 9.15. The van der Waals surface area contributed by atoms with Crippen molar-refractivity contribution in [1.29, 1.82) is 0 Å². The highest BCUT2D eigenvalue weighted by molar-refractivity contribution is 5.86. The van der Waals surface area contributed by atoms with E-state index in [1.165, 1.54) is 0 Å². The Labute approximate surface area is 129 Å². The Hall–Kier alpha value is -1.30. The van der Waals surface area contributed by atoms with Gasteiger partial charge in [-0.3, -0.25) is 14.7 Å². The number of hydrogen-bond acceptors (Lipinski definition) is 3. The number of amides is 1. The third-order valence-electron chi connectivity index (χ3n) is 2.98. The minimum atomic E-state index is -0.214. The Kier molecular flexibility index (Phi) is 9.01. The van der Waals surface area contributed by atoms with Gasteiger partial charge in [-0.1, -0.05) is 6.92 Å². The lowest BCUT2D eigenvalue weighted by atomic mass is 10.1. The quantitative estimate of drug-likeness (QED) is 0.480. The van der Waals surface area contributed by atoms with Gasteiger partial charge in [0.25, 0.3) is 0 Å². The van der Waals surface area contributed by atoms with Crippen molar-refractivity contribution in [2.24, 2.45) is 4.99 Å². The predicted octanol–water partition coefficient (Wildman–Crippen LogP) is 0.796. The molecule has 3 N–H and O–H groups in total. The Morgan fingerprint density at radius 2 is 1.86 bits per heavy atom. The van der Waals surface area contributed by atoms with Crippen molar-refractivity contribution in [3.8, 4) is 0 Å². The minimum Gasteiger partial charge on any atom is -0.355 e. The fourth-order valence-electron chi connectivity index (χ4n) is 1.95. The number of hydrogen-bond donors (Lipinski definition) is 3. The predicted molar refractivity (Wildman–Crippen MR) is 89.6 cm³/mol. The van der Waals surface area contributed by atoms with Crippen LogP contribution in [0, 0.1) is 0 Å². The summed E-state index contributed by atoms with van der Waals surface area (Å²) in [4.78, 5) is 18.2. The molecule has 0 aliphatic carbocycles. The first-order valence-corrected chi connectivity index (χ1v) is 7.69. The third-order valence-corrected chi connectivity index (χ3v) is 2.98. The monoisotopic (exact) mass is 299 g/mol. The van der Waals surface area contributed by atoms with E-state index in [-0.39, 0.29) is 18.0 Å². The second-order valence-electron chi connectivity index (χ2n) is 6.37. The van der Waals surface area contributed by atoms with E-state index >= 15 is 0 Å². The maximum atomic E-state index is 11.7. The molecule has 6 heteroatoms. The van der Waals surface area contributed by atoms with Crippen molar-refractivity contribution >= 4 is 11.9 Å². The molecule has 124 valence electrons. The third kappa shape index (κ3) is 10.1. The standard InChI is InChI=1S/C15H33N5O/c1-8-20(12(2)3)10-9-17-14(16-7)18-11-13(21)19-15(4,5)6/h12H,8-11H2,1-7H3,(H,19,21)(H2,16,17,18). The lowest BCUT2D eigenvalue weighted by Crippen LogP contribution is -2.49. The van der Waals surface area contributed by atoms with Crippen LogP contribution in [0.15, 0.2) is 4.99 Å². The van der Waals surface area contributed by atoms with Crippen molar-refractivity contribution in [1.82, 2.24) is 20.9 Å². The largest absolute Gasteiger partial charge is 0.355 e. The Morgan fingerprint density at radius 1 is 1.24 bits per heavy atom. The summed E-state index contributed by atoms with van der Waals surface area (Å²) in [6.07, 6.45) is 0. The molecule has 0 rings (SSSR count). The zero-order valence-electron chi connectivity index (χ0n) is 14.7. The Bertz CT molecular complexity index is 333. The molecule has 0 saturated carbocycles. The normalized spacial score (nSPS) is 12.7. The van der Waals surface area contributed by atoms with Gasteiger partial charge in [0.05, 0.1) is 6.54 Å². The Balaban J connectivity index is 4.05. The molecule has 0 aliphatic rings. The van der Waals surface area contributed by atoms with Crippen LogP contribution >= 0.6 is 0 Å². The molecule has 21 heavy (non-hydrogen) atoms. The van der Waals surface area contributed by atoms with Crippen molar-refractivity contribution in [3.05, 3.63) is 0 Å². The number of guanidine groups is 1. The van der Waals surface area contributed by atoms with E-state index in [4.69, 9.17) is 0 Å². The van der Waals surface area contributed by atoms with Crippen LogP contribution in [0.4, 0.5) is 0 Å². The second kappa shape index (κ2) is 9.60. The molecular weight excluding hydrogens is 266 g/mol. The van der Waals surface area contributed by atoms with Gasteiger partial charge < -0.3 is 16.0 Å². The number of aliphatic imine (C=N–C) groups is 1. The molecule has 0 aromatic carbocycles. The summed E-state index contributed by atoms with van der Waals surface area (Å²) < 4.78 is 0. The summed E-state index contributed by atoms with van der Waals surface area (Å²) in [5.41, 5.74) is -0.214. The van der Waals surface area contributed by atoms with E-state index in [9.17, 15) is 4.79 Å². The summed E-state index contributed by atoms with van der Waals surface area (Å²) in [6.45, 7) is 15.4. The van der Waals surface area contributed by atoms with Gasteiger partial charge in [-0.05, 0) is 41.2 Å². The molecule has 0 aromatic heterocycles. The fourth-order valence-corrected chi connectivity index (χ4v) is 1.95. The number of likely N-dealkylation sites (N-methyl/N-ethyl adjacent to an activating group) is 1. The molecule has 6 nitrogen and oxygen atoms in total. The average molecular weight is 299 g/mol. The van der Waals surface area contributed by atoms with Gasteiger partial charge in [-0.25, -0.2) is 0 Å². The lowest BCUT2D eigenvalue weighted by molar-refractivity contribution is -0.121. The van der Waals surface area contributed by atoms with Crippen molar-refractivity contribution in [2.45, 2.75) is 53.1 Å². The van der Waals surface area contributed by atoms with Crippen LogP contribution in [0.25, 0.3) is 0 Å². The summed E-state index contributed by atoms with van der Waals surface area (Å²) >= 11 is 0. The number of rotatable bonds is 7. The van der Waals surface area contributed by atoms with Crippen molar-refractivity contribution < 1.29 is 4.79 Å². The molecule has 1 amide bonds. The van der Waals surface area contributed by atoms with Crippen LogP contribution in [0.2, 0.25) is 0 Å². The number of nitrogens with one attached hydrogen (secondary N) is 3. The molecular formula is C15H33N5O. The Morgan fingerprint density at radius 3 is 2.29 bits per heavy atom. The highest BCUT2D eigenvalue weighted by Crippen LogP contribution is 1.97. The van der Waals surface area contributed by atoms with Crippen molar-refractivity contribution in [3.63, 3.8) is 0 Å². The van der Waals surface area contributed by atoms with E-state index in [1.54, 1.807) is 7.05 Å². The molecule has 0 fully saturated rings.